The molecule has 0 saturated carbocycles. The van der Waals surface area contributed by atoms with E-state index >= 15 is 0 Å². The van der Waals surface area contributed by atoms with Crippen molar-refractivity contribution in [3.8, 4) is 0 Å². The molecule has 0 aromatic rings. The van der Waals surface area contributed by atoms with Crippen LogP contribution in [-0.2, 0) is 4.79 Å². The van der Waals surface area contributed by atoms with Crippen molar-refractivity contribution in [3.63, 3.8) is 0 Å². The Morgan fingerprint density at radius 3 is 2.00 bits per heavy atom. The van der Waals surface area contributed by atoms with Gasteiger partial charge in [0, 0.05) is 6.42 Å². The highest BCUT2D eigenvalue weighted by Crippen LogP contribution is 1.96. The van der Waals surface area contributed by atoms with Crippen molar-refractivity contribution in [3.05, 3.63) is 0 Å². The molecule has 0 aromatic carbocycles. The van der Waals surface area contributed by atoms with Crippen LogP contribution in [0.3, 0.4) is 0 Å². The lowest BCUT2D eigenvalue weighted by atomic mass is 10.2. The van der Waals surface area contributed by atoms with Crippen molar-refractivity contribution in [2.24, 2.45) is 5.73 Å². The average molecular weight is 172 g/mol. The van der Waals surface area contributed by atoms with Crippen molar-refractivity contribution in [2.75, 3.05) is 13.1 Å². The van der Waals surface area contributed by atoms with Crippen LogP contribution in [0.25, 0.3) is 0 Å². The quantitative estimate of drug-likeness (QED) is 0.653. The molecule has 0 unspecified atom stereocenters. The first-order valence-electron chi connectivity index (χ1n) is 4.76. The fraction of sp³-hybridized carbons (Fsp3) is 0.889. The Hall–Kier alpha value is -0.570. The minimum absolute atomic E-state index is 0.211. The standard InChI is InChI=1S/C5H11N.C4H9NO/c1-2-4-6-5-3-1;1-2-3-4(5)6/h6H,1-5H2;2-3H2,1H3,(H2,5,6). The molecule has 1 fully saturated rings. The van der Waals surface area contributed by atoms with E-state index < -0.39 is 0 Å². The summed E-state index contributed by atoms with van der Waals surface area (Å²) in [6.45, 7) is 4.42. The van der Waals surface area contributed by atoms with Gasteiger partial charge in [0.25, 0.3) is 0 Å². The fourth-order valence-electron chi connectivity index (χ4n) is 1.05. The maximum atomic E-state index is 9.82. The first kappa shape index (κ1) is 11.4. The monoisotopic (exact) mass is 172 g/mol. The van der Waals surface area contributed by atoms with Gasteiger partial charge in [-0.2, -0.15) is 0 Å². The molecule has 12 heavy (non-hydrogen) atoms. The zero-order chi connectivity index (χ0) is 9.23. The topological polar surface area (TPSA) is 55.1 Å². The second-order valence-corrected chi connectivity index (χ2v) is 3.03. The van der Waals surface area contributed by atoms with Crippen LogP contribution >= 0.6 is 0 Å². The summed E-state index contributed by atoms with van der Waals surface area (Å²) in [6.07, 6.45) is 5.59. The van der Waals surface area contributed by atoms with E-state index in [1.165, 1.54) is 32.4 Å². The molecule has 0 spiro atoms. The summed E-state index contributed by atoms with van der Waals surface area (Å²) in [7, 11) is 0. The fourth-order valence-corrected chi connectivity index (χ4v) is 1.05. The molecule has 72 valence electrons. The molecule has 3 nitrogen and oxygen atoms in total. The Balaban J connectivity index is 0.000000202. The molecule has 1 aliphatic heterocycles. The van der Waals surface area contributed by atoms with Crippen LogP contribution < -0.4 is 11.1 Å². The third-order valence-corrected chi connectivity index (χ3v) is 1.70. The molecule has 1 amide bonds. The first-order valence-corrected chi connectivity index (χ1v) is 4.76. The summed E-state index contributed by atoms with van der Waals surface area (Å²) in [6, 6.07) is 0. The Bertz CT molecular complexity index is 99.6. The molecule has 0 aliphatic carbocycles. The molecule has 1 aliphatic rings. The Kier molecular flexibility index (Phi) is 8.12. The van der Waals surface area contributed by atoms with Crippen molar-refractivity contribution in [1.82, 2.24) is 5.32 Å². The molecule has 3 heteroatoms. The molecule has 1 rings (SSSR count). The van der Waals surface area contributed by atoms with Gasteiger partial charge in [0.2, 0.25) is 5.91 Å². The van der Waals surface area contributed by atoms with Crippen LogP contribution in [0.1, 0.15) is 39.0 Å². The van der Waals surface area contributed by atoms with Gasteiger partial charge in [-0.05, 0) is 32.4 Å². The lowest BCUT2D eigenvalue weighted by molar-refractivity contribution is -0.118. The number of primary amides is 1. The maximum Gasteiger partial charge on any atom is 0.217 e. The normalized spacial score (nSPS) is 16.1. The molecule has 0 bridgehead atoms. The van der Waals surface area contributed by atoms with E-state index in [2.05, 4.69) is 5.32 Å². The third kappa shape index (κ3) is 9.43. The smallest absolute Gasteiger partial charge is 0.217 e. The van der Waals surface area contributed by atoms with Crippen LogP contribution in [0, 0.1) is 0 Å². The van der Waals surface area contributed by atoms with Crippen LogP contribution in [0.4, 0.5) is 0 Å². The van der Waals surface area contributed by atoms with Crippen LogP contribution in [0.15, 0.2) is 0 Å². The van der Waals surface area contributed by atoms with Crippen molar-refractivity contribution in [1.29, 1.82) is 0 Å². The van der Waals surface area contributed by atoms with Gasteiger partial charge in [-0.3, -0.25) is 4.79 Å². The Morgan fingerprint density at radius 1 is 1.33 bits per heavy atom. The number of amides is 1. The van der Waals surface area contributed by atoms with E-state index in [4.69, 9.17) is 5.73 Å². The largest absolute Gasteiger partial charge is 0.370 e. The van der Waals surface area contributed by atoms with Crippen molar-refractivity contribution < 1.29 is 4.79 Å². The molecule has 0 aromatic heterocycles. The zero-order valence-electron chi connectivity index (χ0n) is 7.94. The number of nitrogens with two attached hydrogens (primary N) is 1. The zero-order valence-corrected chi connectivity index (χ0v) is 7.94. The summed E-state index contributed by atoms with van der Waals surface area (Å²) in [4.78, 5) is 9.82. The number of carbonyl (C=O) groups is 1. The van der Waals surface area contributed by atoms with Gasteiger partial charge in [-0.15, -0.1) is 0 Å². The van der Waals surface area contributed by atoms with Gasteiger partial charge in [-0.25, -0.2) is 0 Å². The Morgan fingerprint density at radius 2 is 1.92 bits per heavy atom. The van der Waals surface area contributed by atoms with Gasteiger partial charge in [0.05, 0.1) is 0 Å². The molecular formula is C9H20N2O. The highest BCUT2D eigenvalue weighted by atomic mass is 16.1. The third-order valence-electron chi connectivity index (χ3n) is 1.70. The molecule has 1 saturated heterocycles. The molecule has 0 atom stereocenters. The molecule has 0 radical (unpaired) electrons. The second kappa shape index (κ2) is 8.53. The second-order valence-electron chi connectivity index (χ2n) is 3.03. The van der Waals surface area contributed by atoms with Gasteiger partial charge in [0.1, 0.15) is 0 Å². The van der Waals surface area contributed by atoms with Gasteiger partial charge in [-0.1, -0.05) is 13.3 Å². The highest BCUT2D eigenvalue weighted by Gasteiger charge is 1.93. The number of hydrogen-bond donors (Lipinski definition) is 2. The van der Waals surface area contributed by atoms with E-state index in [-0.39, 0.29) is 5.91 Å². The maximum absolute atomic E-state index is 9.82. The number of nitrogens with one attached hydrogen (secondary N) is 1. The summed E-state index contributed by atoms with van der Waals surface area (Å²) >= 11 is 0. The predicted molar refractivity (Wildman–Crippen MR) is 50.8 cm³/mol. The van der Waals surface area contributed by atoms with E-state index in [9.17, 15) is 4.79 Å². The van der Waals surface area contributed by atoms with Gasteiger partial charge < -0.3 is 11.1 Å². The van der Waals surface area contributed by atoms with Crippen LogP contribution in [-0.4, -0.2) is 19.0 Å². The molecular weight excluding hydrogens is 152 g/mol. The summed E-state index contributed by atoms with van der Waals surface area (Å²) in [5, 5.41) is 3.28. The minimum Gasteiger partial charge on any atom is -0.370 e. The van der Waals surface area contributed by atoms with E-state index in [1.807, 2.05) is 6.92 Å². The van der Waals surface area contributed by atoms with E-state index in [0.29, 0.717) is 6.42 Å². The molecule has 1 heterocycles. The minimum atomic E-state index is -0.211. The van der Waals surface area contributed by atoms with Crippen molar-refractivity contribution in [2.45, 2.75) is 39.0 Å². The number of rotatable bonds is 2. The number of hydrogen-bond acceptors (Lipinski definition) is 2. The van der Waals surface area contributed by atoms with Crippen LogP contribution in [0.5, 0.6) is 0 Å². The van der Waals surface area contributed by atoms with E-state index in [0.717, 1.165) is 6.42 Å². The van der Waals surface area contributed by atoms with Crippen LogP contribution in [0.2, 0.25) is 0 Å². The predicted octanol–water partition coefficient (Wildman–Crippen LogP) is 1.03. The van der Waals surface area contributed by atoms with Gasteiger partial charge >= 0.3 is 0 Å². The number of carbonyl (C=O) groups excluding carboxylic acids is 1. The number of piperidine rings is 1. The summed E-state index contributed by atoms with van der Waals surface area (Å²) in [5.41, 5.74) is 4.76. The first-order chi connectivity index (χ1) is 5.77. The lowest BCUT2D eigenvalue weighted by Crippen LogP contribution is -2.21. The summed E-state index contributed by atoms with van der Waals surface area (Å²) < 4.78 is 0. The van der Waals surface area contributed by atoms with Crippen molar-refractivity contribution >= 4 is 5.91 Å². The highest BCUT2D eigenvalue weighted by molar-refractivity contribution is 5.73. The van der Waals surface area contributed by atoms with Gasteiger partial charge in [0.15, 0.2) is 0 Å². The Labute approximate surface area is 74.7 Å². The average Bonchev–Trinajstić information content (AvgIpc) is 2.08. The molecule has 3 N–H and O–H groups in total. The summed E-state index contributed by atoms with van der Waals surface area (Å²) in [5.74, 6) is -0.211. The lowest BCUT2D eigenvalue weighted by Gasteiger charge is -2.08. The SMILES string of the molecule is C1CCNCC1.CCCC(N)=O. The van der Waals surface area contributed by atoms with E-state index in [1.54, 1.807) is 0 Å².